The van der Waals surface area contributed by atoms with Crippen LogP contribution in [0.1, 0.15) is 49.1 Å². The van der Waals surface area contributed by atoms with Crippen LogP contribution in [0.3, 0.4) is 0 Å². The number of hydrogen-bond donors (Lipinski definition) is 2. The second-order valence-corrected chi connectivity index (χ2v) is 6.60. The zero-order valence-electron chi connectivity index (χ0n) is 14.4. The van der Waals surface area contributed by atoms with Crippen molar-refractivity contribution in [1.82, 2.24) is 14.9 Å². The number of imidazole rings is 1. The van der Waals surface area contributed by atoms with Crippen molar-refractivity contribution in [3.05, 3.63) is 53.6 Å². The van der Waals surface area contributed by atoms with E-state index in [-0.39, 0.29) is 0 Å². The Balaban J connectivity index is 1.57. The first-order valence-corrected chi connectivity index (χ1v) is 8.83. The largest absolute Gasteiger partial charge is 0.370 e. The number of hydrogen-bond acceptors (Lipinski definition) is 2. The van der Waals surface area contributed by atoms with Gasteiger partial charge < -0.3 is 15.6 Å². The highest BCUT2D eigenvalue weighted by molar-refractivity contribution is 5.78. The molecule has 0 aliphatic heterocycles. The van der Waals surface area contributed by atoms with Gasteiger partial charge in [-0.25, -0.2) is 9.98 Å². The Bertz CT molecular complexity index is 683. The van der Waals surface area contributed by atoms with Crippen molar-refractivity contribution in [1.29, 1.82) is 0 Å². The van der Waals surface area contributed by atoms with Crippen LogP contribution in [0, 0.1) is 6.92 Å². The van der Waals surface area contributed by atoms with Crippen molar-refractivity contribution in [3.63, 3.8) is 0 Å². The van der Waals surface area contributed by atoms with E-state index >= 15 is 0 Å². The van der Waals surface area contributed by atoms with Crippen LogP contribution in [0.15, 0.2) is 41.7 Å². The van der Waals surface area contributed by atoms with Gasteiger partial charge in [-0.1, -0.05) is 43.5 Å². The van der Waals surface area contributed by atoms with Gasteiger partial charge in [-0.3, -0.25) is 0 Å². The summed E-state index contributed by atoms with van der Waals surface area (Å²) in [4.78, 5) is 8.77. The first-order chi connectivity index (χ1) is 11.7. The number of nitrogens with one attached hydrogen (secondary N) is 1. The topological polar surface area (TPSA) is 68.2 Å². The van der Waals surface area contributed by atoms with Gasteiger partial charge in [0.15, 0.2) is 5.96 Å². The Hall–Kier alpha value is -2.30. The lowest BCUT2D eigenvalue weighted by Crippen LogP contribution is -2.41. The molecular weight excluding hydrogens is 298 g/mol. The Morgan fingerprint density at radius 3 is 2.83 bits per heavy atom. The maximum absolute atomic E-state index is 6.05. The van der Waals surface area contributed by atoms with E-state index in [0.29, 0.717) is 18.5 Å². The molecule has 1 saturated carbocycles. The van der Waals surface area contributed by atoms with Crippen molar-refractivity contribution in [2.75, 3.05) is 0 Å². The summed E-state index contributed by atoms with van der Waals surface area (Å²) >= 11 is 0. The quantitative estimate of drug-likeness (QED) is 0.656. The Kier molecular flexibility index (Phi) is 5.51. The lowest BCUT2D eigenvalue weighted by Gasteiger charge is -2.23. The average Bonchev–Trinajstić information content (AvgIpc) is 2.99. The molecule has 1 aliphatic carbocycles. The SMILES string of the molecule is Cc1nccn1Cc1cccc(CN=C(N)NC2CCCCC2)c1. The smallest absolute Gasteiger partial charge is 0.189 e. The molecule has 1 aromatic carbocycles. The highest BCUT2D eigenvalue weighted by Crippen LogP contribution is 2.17. The van der Waals surface area contributed by atoms with E-state index in [1.807, 2.05) is 19.3 Å². The third-order valence-electron chi connectivity index (χ3n) is 4.66. The monoisotopic (exact) mass is 325 g/mol. The normalized spacial score (nSPS) is 16.3. The fourth-order valence-corrected chi connectivity index (χ4v) is 3.27. The lowest BCUT2D eigenvalue weighted by molar-refractivity contribution is 0.412. The van der Waals surface area contributed by atoms with Crippen molar-refractivity contribution in [2.24, 2.45) is 10.7 Å². The van der Waals surface area contributed by atoms with E-state index in [9.17, 15) is 0 Å². The first-order valence-electron chi connectivity index (χ1n) is 8.83. The van der Waals surface area contributed by atoms with Crippen LogP contribution in [0.4, 0.5) is 0 Å². The molecule has 1 fully saturated rings. The summed E-state index contributed by atoms with van der Waals surface area (Å²) in [6.45, 7) is 3.47. The summed E-state index contributed by atoms with van der Waals surface area (Å²) in [5.74, 6) is 1.59. The summed E-state index contributed by atoms with van der Waals surface area (Å²) < 4.78 is 2.14. The van der Waals surface area contributed by atoms with Crippen molar-refractivity contribution in [3.8, 4) is 0 Å². The number of benzene rings is 1. The maximum Gasteiger partial charge on any atom is 0.189 e. The number of nitrogens with zero attached hydrogens (tertiary/aromatic N) is 3. The summed E-state index contributed by atoms with van der Waals surface area (Å²) in [6, 6.07) is 9.00. The molecule has 0 saturated heterocycles. The molecule has 5 nitrogen and oxygen atoms in total. The second-order valence-electron chi connectivity index (χ2n) is 6.60. The molecule has 0 bridgehead atoms. The molecule has 5 heteroatoms. The van der Waals surface area contributed by atoms with Gasteiger partial charge in [-0.2, -0.15) is 0 Å². The van der Waals surface area contributed by atoms with Crippen molar-refractivity contribution >= 4 is 5.96 Å². The minimum Gasteiger partial charge on any atom is -0.370 e. The van der Waals surface area contributed by atoms with Crippen molar-refractivity contribution < 1.29 is 0 Å². The molecule has 24 heavy (non-hydrogen) atoms. The van der Waals surface area contributed by atoms with Crippen LogP contribution in [0.5, 0.6) is 0 Å². The predicted molar refractivity (Wildman–Crippen MR) is 97.8 cm³/mol. The number of nitrogens with two attached hydrogens (primary N) is 1. The number of guanidine groups is 1. The van der Waals surface area contributed by atoms with Crippen LogP contribution in [0.25, 0.3) is 0 Å². The molecule has 0 radical (unpaired) electrons. The fourth-order valence-electron chi connectivity index (χ4n) is 3.27. The molecule has 2 aromatic rings. The third-order valence-corrected chi connectivity index (χ3v) is 4.66. The van der Waals surface area contributed by atoms with Crippen molar-refractivity contribution in [2.45, 2.75) is 58.2 Å². The summed E-state index contributed by atoms with van der Waals surface area (Å²) in [6.07, 6.45) is 10.2. The van der Waals surface area contributed by atoms with Gasteiger partial charge in [0.05, 0.1) is 6.54 Å². The molecule has 1 heterocycles. The molecule has 1 aliphatic rings. The molecule has 0 unspecified atom stereocenters. The van der Waals surface area contributed by atoms with E-state index < -0.39 is 0 Å². The average molecular weight is 325 g/mol. The molecule has 3 rings (SSSR count). The lowest BCUT2D eigenvalue weighted by atomic mass is 9.96. The van der Waals surface area contributed by atoms with Gasteiger partial charge in [0.1, 0.15) is 5.82 Å². The number of aryl methyl sites for hydroxylation is 1. The van der Waals surface area contributed by atoms with E-state index in [1.165, 1.54) is 43.2 Å². The van der Waals surface area contributed by atoms with Gasteiger partial charge in [0.2, 0.25) is 0 Å². The highest BCUT2D eigenvalue weighted by atomic mass is 15.1. The zero-order chi connectivity index (χ0) is 16.8. The molecule has 1 aromatic heterocycles. The van der Waals surface area contributed by atoms with Crippen LogP contribution in [0.2, 0.25) is 0 Å². The van der Waals surface area contributed by atoms with E-state index in [2.05, 4.69) is 44.1 Å². The standard InChI is InChI=1S/C19H27N5/c1-15-21-10-11-24(15)14-17-7-5-6-16(12-17)13-22-19(20)23-18-8-3-2-4-9-18/h5-7,10-12,18H,2-4,8-9,13-14H2,1H3,(H3,20,22,23). The first kappa shape index (κ1) is 16.6. The number of aliphatic imine (C=N–C) groups is 1. The van der Waals surface area contributed by atoms with E-state index in [0.717, 1.165) is 12.4 Å². The number of rotatable bonds is 5. The summed E-state index contributed by atoms with van der Waals surface area (Å²) in [5, 5.41) is 3.36. The second kappa shape index (κ2) is 7.99. The number of aromatic nitrogens is 2. The molecular formula is C19H27N5. The maximum atomic E-state index is 6.05. The minimum absolute atomic E-state index is 0.498. The summed E-state index contributed by atoms with van der Waals surface area (Å²) in [7, 11) is 0. The Morgan fingerprint density at radius 2 is 2.08 bits per heavy atom. The molecule has 3 N–H and O–H groups in total. The predicted octanol–water partition coefficient (Wildman–Crippen LogP) is 2.98. The van der Waals surface area contributed by atoms with E-state index in [4.69, 9.17) is 5.73 Å². The minimum atomic E-state index is 0.498. The van der Waals surface area contributed by atoms with Crippen LogP contribution in [-0.4, -0.2) is 21.6 Å². The molecule has 0 spiro atoms. The van der Waals surface area contributed by atoms with Gasteiger partial charge in [-0.15, -0.1) is 0 Å². The molecule has 0 atom stereocenters. The van der Waals surface area contributed by atoms with E-state index in [1.54, 1.807) is 0 Å². The van der Waals surface area contributed by atoms with Gasteiger partial charge in [-0.05, 0) is 30.9 Å². The van der Waals surface area contributed by atoms with Gasteiger partial charge in [0, 0.05) is 25.0 Å². The fraction of sp³-hybridized carbons (Fsp3) is 0.474. The van der Waals surface area contributed by atoms with Gasteiger partial charge >= 0.3 is 0 Å². The van der Waals surface area contributed by atoms with Crippen LogP contribution < -0.4 is 11.1 Å². The molecule has 0 amide bonds. The highest BCUT2D eigenvalue weighted by Gasteiger charge is 2.13. The molecule has 128 valence electrons. The van der Waals surface area contributed by atoms with Crippen LogP contribution in [-0.2, 0) is 13.1 Å². The zero-order valence-corrected chi connectivity index (χ0v) is 14.4. The Labute approximate surface area is 144 Å². The summed E-state index contributed by atoms with van der Waals surface area (Å²) in [5.41, 5.74) is 8.48. The third kappa shape index (κ3) is 4.60. The van der Waals surface area contributed by atoms with Crippen LogP contribution >= 0.6 is 0 Å². The van der Waals surface area contributed by atoms with Gasteiger partial charge in [0.25, 0.3) is 0 Å². The Morgan fingerprint density at radius 1 is 1.29 bits per heavy atom.